The summed E-state index contributed by atoms with van der Waals surface area (Å²) in [5.74, 6) is 2.41. The van der Waals surface area contributed by atoms with E-state index in [0.29, 0.717) is 23.7 Å². The zero-order valence-electron chi connectivity index (χ0n) is 13.2. The Morgan fingerprint density at radius 2 is 2.05 bits per heavy atom. The molecule has 0 aliphatic carbocycles. The molecule has 1 aliphatic rings. The van der Waals surface area contributed by atoms with Crippen LogP contribution < -0.4 is 5.73 Å². The van der Waals surface area contributed by atoms with Gasteiger partial charge in [-0.05, 0) is 24.2 Å². The van der Waals surface area contributed by atoms with Crippen molar-refractivity contribution in [2.45, 2.75) is 46.7 Å². The molecular formula is C16H29N3O. The predicted molar refractivity (Wildman–Crippen MR) is 81.2 cm³/mol. The number of imidazole rings is 1. The molecule has 4 heteroatoms. The van der Waals surface area contributed by atoms with Crippen molar-refractivity contribution in [2.24, 2.45) is 29.4 Å². The van der Waals surface area contributed by atoms with Crippen molar-refractivity contribution in [1.29, 1.82) is 0 Å². The minimum atomic E-state index is 0.0416. The lowest BCUT2D eigenvalue weighted by atomic mass is 9.85. The Bertz CT molecular complexity index is 400. The molecule has 2 unspecified atom stereocenters. The molecule has 1 aromatic heterocycles. The van der Waals surface area contributed by atoms with Crippen LogP contribution >= 0.6 is 0 Å². The molecule has 0 spiro atoms. The summed E-state index contributed by atoms with van der Waals surface area (Å²) in [6, 6.07) is 0.0416. The molecule has 0 aromatic carbocycles. The molecule has 2 rings (SSSR count). The van der Waals surface area contributed by atoms with Gasteiger partial charge in [-0.3, -0.25) is 0 Å². The Kier molecular flexibility index (Phi) is 5.22. The molecule has 1 aliphatic heterocycles. The highest BCUT2D eigenvalue weighted by Gasteiger charge is 2.27. The molecule has 2 N–H and O–H groups in total. The molecule has 20 heavy (non-hydrogen) atoms. The summed E-state index contributed by atoms with van der Waals surface area (Å²) in [6.07, 6.45) is 4.92. The highest BCUT2D eigenvalue weighted by atomic mass is 16.5. The summed E-state index contributed by atoms with van der Waals surface area (Å²) in [6.45, 7) is 11.8. The molecule has 0 radical (unpaired) electrons. The van der Waals surface area contributed by atoms with Gasteiger partial charge < -0.3 is 15.0 Å². The van der Waals surface area contributed by atoms with E-state index in [1.54, 1.807) is 0 Å². The van der Waals surface area contributed by atoms with Crippen LogP contribution in [0, 0.1) is 23.7 Å². The van der Waals surface area contributed by atoms with Crippen LogP contribution in [0.5, 0.6) is 0 Å². The summed E-state index contributed by atoms with van der Waals surface area (Å²) >= 11 is 0. The first kappa shape index (κ1) is 15.5. The van der Waals surface area contributed by atoms with E-state index in [-0.39, 0.29) is 6.04 Å². The van der Waals surface area contributed by atoms with E-state index in [4.69, 9.17) is 10.5 Å². The summed E-state index contributed by atoms with van der Waals surface area (Å²) in [4.78, 5) is 4.33. The highest BCUT2D eigenvalue weighted by Crippen LogP contribution is 2.29. The number of aromatic nitrogens is 2. The molecule has 0 amide bonds. The quantitative estimate of drug-likeness (QED) is 0.871. The third-order valence-corrected chi connectivity index (χ3v) is 4.68. The molecule has 0 saturated carbocycles. The van der Waals surface area contributed by atoms with Gasteiger partial charge in [-0.25, -0.2) is 4.98 Å². The van der Waals surface area contributed by atoms with Gasteiger partial charge >= 0.3 is 0 Å². The van der Waals surface area contributed by atoms with E-state index in [1.807, 2.05) is 12.5 Å². The Labute approximate surface area is 122 Å². The Balaban J connectivity index is 2.11. The van der Waals surface area contributed by atoms with Crippen molar-refractivity contribution in [1.82, 2.24) is 9.55 Å². The normalized spacial score (nSPS) is 21.3. The standard InChI is InChI=1S/C16H29N3O/c1-11(2)14(12(3)4)8-19-10-18-7-15(19)16(17)13-5-6-20-9-13/h7,10-14,16H,5-6,8-9,17H2,1-4H3. The van der Waals surface area contributed by atoms with Crippen LogP contribution in [0.1, 0.15) is 45.9 Å². The second kappa shape index (κ2) is 6.72. The van der Waals surface area contributed by atoms with E-state index < -0.39 is 0 Å². The van der Waals surface area contributed by atoms with Gasteiger partial charge in [0.15, 0.2) is 0 Å². The Hall–Kier alpha value is -0.870. The lowest BCUT2D eigenvalue weighted by Gasteiger charge is -2.27. The van der Waals surface area contributed by atoms with Crippen LogP contribution in [-0.4, -0.2) is 22.8 Å². The Morgan fingerprint density at radius 3 is 2.60 bits per heavy atom. The van der Waals surface area contributed by atoms with Crippen LogP contribution in [0.25, 0.3) is 0 Å². The maximum absolute atomic E-state index is 6.43. The number of rotatable bonds is 6. The van der Waals surface area contributed by atoms with E-state index in [1.165, 1.54) is 0 Å². The maximum atomic E-state index is 6.43. The van der Waals surface area contributed by atoms with Crippen molar-refractivity contribution < 1.29 is 4.74 Å². The smallest absolute Gasteiger partial charge is 0.0948 e. The van der Waals surface area contributed by atoms with Gasteiger partial charge in [-0.2, -0.15) is 0 Å². The van der Waals surface area contributed by atoms with Crippen LogP contribution in [0.15, 0.2) is 12.5 Å². The minimum absolute atomic E-state index is 0.0416. The summed E-state index contributed by atoms with van der Waals surface area (Å²) < 4.78 is 7.72. The zero-order valence-corrected chi connectivity index (χ0v) is 13.2. The number of nitrogens with two attached hydrogens (primary N) is 1. The molecule has 1 saturated heterocycles. The van der Waals surface area contributed by atoms with Gasteiger partial charge in [-0.15, -0.1) is 0 Å². The average molecular weight is 279 g/mol. The molecular weight excluding hydrogens is 250 g/mol. The van der Waals surface area contributed by atoms with E-state index in [0.717, 1.165) is 31.9 Å². The fourth-order valence-electron chi connectivity index (χ4n) is 3.26. The number of hydrogen-bond acceptors (Lipinski definition) is 3. The summed E-state index contributed by atoms with van der Waals surface area (Å²) in [5, 5.41) is 0. The van der Waals surface area contributed by atoms with Gasteiger partial charge in [0, 0.05) is 25.3 Å². The topological polar surface area (TPSA) is 53.1 Å². The number of ether oxygens (including phenoxy) is 1. The summed E-state index contributed by atoms with van der Waals surface area (Å²) in [5.41, 5.74) is 7.59. The lowest BCUT2D eigenvalue weighted by Crippen LogP contribution is -2.27. The number of nitrogens with zero attached hydrogens (tertiary/aromatic N) is 2. The van der Waals surface area contributed by atoms with Crippen molar-refractivity contribution >= 4 is 0 Å². The SMILES string of the molecule is CC(C)C(Cn1cncc1C(N)C1CCOC1)C(C)C. The van der Waals surface area contributed by atoms with Gasteiger partial charge in [-0.1, -0.05) is 27.7 Å². The molecule has 114 valence electrons. The van der Waals surface area contributed by atoms with E-state index in [2.05, 4.69) is 37.2 Å². The molecule has 1 aromatic rings. The molecule has 1 fully saturated rings. The third-order valence-electron chi connectivity index (χ3n) is 4.68. The first-order valence-corrected chi connectivity index (χ1v) is 7.84. The number of hydrogen-bond donors (Lipinski definition) is 1. The molecule has 4 nitrogen and oxygen atoms in total. The van der Waals surface area contributed by atoms with Gasteiger partial charge in [0.1, 0.15) is 0 Å². The largest absolute Gasteiger partial charge is 0.381 e. The minimum Gasteiger partial charge on any atom is -0.381 e. The maximum Gasteiger partial charge on any atom is 0.0948 e. The lowest BCUT2D eigenvalue weighted by molar-refractivity contribution is 0.179. The van der Waals surface area contributed by atoms with Crippen molar-refractivity contribution in [2.75, 3.05) is 13.2 Å². The van der Waals surface area contributed by atoms with E-state index >= 15 is 0 Å². The van der Waals surface area contributed by atoms with Gasteiger partial charge in [0.2, 0.25) is 0 Å². The highest BCUT2D eigenvalue weighted by molar-refractivity contribution is 5.07. The van der Waals surface area contributed by atoms with Gasteiger partial charge in [0.05, 0.1) is 24.7 Å². The van der Waals surface area contributed by atoms with Crippen LogP contribution in [0.4, 0.5) is 0 Å². The van der Waals surface area contributed by atoms with E-state index in [9.17, 15) is 0 Å². The monoisotopic (exact) mass is 279 g/mol. The second-order valence-corrected chi connectivity index (χ2v) is 6.77. The first-order chi connectivity index (χ1) is 9.50. The van der Waals surface area contributed by atoms with Crippen LogP contribution in [0.3, 0.4) is 0 Å². The average Bonchev–Trinajstić information content (AvgIpc) is 3.05. The molecule has 0 bridgehead atoms. The second-order valence-electron chi connectivity index (χ2n) is 6.77. The first-order valence-electron chi connectivity index (χ1n) is 7.84. The third kappa shape index (κ3) is 3.41. The van der Waals surface area contributed by atoms with Crippen molar-refractivity contribution in [3.8, 4) is 0 Å². The van der Waals surface area contributed by atoms with Crippen molar-refractivity contribution in [3.63, 3.8) is 0 Å². The molecule has 2 heterocycles. The molecule has 2 atom stereocenters. The van der Waals surface area contributed by atoms with Crippen molar-refractivity contribution in [3.05, 3.63) is 18.2 Å². The Morgan fingerprint density at radius 1 is 1.35 bits per heavy atom. The fourth-order valence-corrected chi connectivity index (χ4v) is 3.26. The van der Waals surface area contributed by atoms with Crippen LogP contribution in [-0.2, 0) is 11.3 Å². The zero-order chi connectivity index (χ0) is 14.7. The fraction of sp³-hybridized carbons (Fsp3) is 0.812. The summed E-state index contributed by atoms with van der Waals surface area (Å²) in [7, 11) is 0. The predicted octanol–water partition coefficient (Wildman–Crippen LogP) is 2.85. The van der Waals surface area contributed by atoms with Gasteiger partial charge in [0.25, 0.3) is 0 Å². The van der Waals surface area contributed by atoms with Crippen LogP contribution in [0.2, 0.25) is 0 Å².